The summed E-state index contributed by atoms with van der Waals surface area (Å²) < 4.78 is 13.9. The quantitative estimate of drug-likeness (QED) is 0.592. The molecule has 0 spiro atoms. The van der Waals surface area contributed by atoms with Crippen LogP contribution in [0, 0.1) is 5.82 Å². The van der Waals surface area contributed by atoms with E-state index in [-0.39, 0.29) is 5.82 Å². The summed E-state index contributed by atoms with van der Waals surface area (Å²) in [6.45, 7) is 0. The second kappa shape index (κ2) is 4.68. The minimum Gasteiger partial charge on any atom is -0.207 e. The molecule has 2 rings (SSSR count). The van der Waals surface area contributed by atoms with Gasteiger partial charge in [0.15, 0.2) is 0 Å². The summed E-state index contributed by atoms with van der Waals surface area (Å²) in [5.41, 5.74) is 2.27. The fourth-order valence-corrected chi connectivity index (χ4v) is 4.68. The third-order valence-corrected chi connectivity index (χ3v) is 5.67. The van der Waals surface area contributed by atoms with Crippen LogP contribution in [-0.2, 0) is 0 Å². The Morgan fingerprint density at radius 1 is 1.07 bits per heavy atom. The van der Waals surface area contributed by atoms with Crippen LogP contribution in [0.5, 0.6) is 0 Å². The Balaban J connectivity index is 2.42. The summed E-state index contributed by atoms with van der Waals surface area (Å²) in [4.78, 5) is 0.670. The van der Waals surface area contributed by atoms with Crippen molar-refractivity contribution in [1.29, 1.82) is 0 Å². The summed E-state index contributed by atoms with van der Waals surface area (Å²) in [5, 5.41) is 0. The van der Waals surface area contributed by atoms with Crippen LogP contribution in [0.25, 0.3) is 5.57 Å². The molecule has 0 amide bonds. The van der Waals surface area contributed by atoms with Gasteiger partial charge in [-0.2, -0.15) is 0 Å². The summed E-state index contributed by atoms with van der Waals surface area (Å²) in [6.07, 6.45) is 1.01. The summed E-state index contributed by atoms with van der Waals surface area (Å²) in [6, 6.07) is 6.60. The molecule has 1 aromatic rings. The van der Waals surface area contributed by atoms with Crippen LogP contribution in [0.2, 0.25) is 0 Å². The molecule has 0 aromatic heterocycles. The third-order valence-electron chi connectivity index (χ3n) is 2.41. The van der Waals surface area contributed by atoms with Crippen LogP contribution in [0.1, 0.15) is 12.0 Å². The van der Waals surface area contributed by atoms with Crippen molar-refractivity contribution in [2.45, 2.75) is 16.1 Å². The van der Waals surface area contributed by atoms with Gasteiger partial charge in [0.2, 0.25) is 0 Å². The van der Waals surface area contributed by atoms with E-state index in [1.165, 1.54) is 17.7 Å². The van der Waals surface area contributed by atoms with Crippen molar-refractivity contribution < 1.29 is 4.39 Å². The minimum absolute atomic E-state index is 0.199. The summed E-state index contributed by atoms with van der Waals surface area (Å²) >= 11 is 10.8. The van der Waals surface area contributed by atoms with Gasteiger partial charge in [-0.3, -0.25) is 0 Å². The summed E-state index contributed by atoms with van der Waals surface area (Å²) in [5.74, 6) is -0.199. The van der Waals surface area contributed by atoms with E-state index in [0.29, 0.717) is 9.65 Å². The Bertz CT molecular complexity index is 397. The summed E-state index contributed by atoms with van der Waals surface area (Å²) in [7, 11) is 0. The van der Waals surface area contributed by atoms with Crippen LogP contribution in [0.15, 0.2) is 28.7 Å². The maximum atomic E-state index is 12.8. The van der Waals surface area contributed by atoms with E-state index in [2.05, 4.69) is 47.8 Å². The predicted octanol–water partition coefficient (Wildman–Crippen LogP) is 4.86. The van der Waals surface area contributed by atoms with E-state index in [9.17, 15) is 4.39 Å². The predicted molar refractivity (Wildman–Crippen MR) is 72.3 cm³/mol. The molecule has 2 atom stereocenters. The first-order valence-electron chi connectivity index (χ1n) is 4.53. The number of halogens is 4. The van der Waals surface area contributed by atoms with Gasteiger partial charge in [-0.25, -0.2) is 4.39 Å². The molecule has 0 bridgehead atoms. The van der Waals surface area contributed by atoms with Crippen molar-refractivity contribution >= 4 is 53.4 Å². The molecule has 0 unspecified atom stereocenters. The number of rotatable bonds is 1. The topological polar surface area (TPSA) is 0 Å². The molecule has 0 N–H and O–H groups in total. The fourth-order valence-electron chi connectivity index (χ4n) is 1.67. The van der Waals surface area contributed by atoms with Crippen molar-refractivity contribution in [2.75, 3.05) is 0 Å². The average Bonchev–Trinajstić information content (AvgIpc) is 2.44. The number of benzene rings is 1. The van der Waals surface area contributed by atoms with Crippen molar-refractivity contribution in [3.63, 3.8) is 0 Å². The SMILES string of the molecule is Fc1ccc(C2=C(Br)[C@@H](Br)C[C@@H]2Br)cc1. The number of hydrogen-bond donors (Lipinski definition) is 0. The van der Waals surface area contributed by atoms with E-state index in [0.717, 1.165) is 16.5 Å². The second-order valence-electron chi connectivity index (χ2n) is 3.44. The molecular weight excluding hydrogens is 391 g/mol. The van der Waals surface area contributed by atoms with E-state index >= 15 is 0 Å². The monoisotopic (exact) mass is 396 g/mol. The Morgan fingerprint density at radius 3 is 2.13 bits per heavy atom. The van der Waals surface area contributed by atoms with Gasteiger partial charge in [0.1, 0.15) is 5.82 Å². The second-order valence-corrected chi connectivity index (χ2v) is 6.50. The van der Waals surface area contributed by atoms with Crippen LogP contribution in [-0.4, -0.2) is 9.65 Å². The van der Waals surface area contributed by atoms with Crippen LogP contribution in [0.3, 0.4) is 0 Å². The lowest BCUT2D eigenvalue weighted by atomic mass is 10.1. The Kier molecular flexibility index (Phi) is 3.68. The number of alkyl halides is 2. The molecular formula is C11H8Br3F. The number of allylic oxidation sites excluding steroid dienone is 2. The van der Waals surface area contributed by atoms with Crippen LogP contribution < -0.4 is 0 Å². The first-order valence-corrected chi connectivity index (χ1v) is 7.15. The molecule has 0 nitrogen and oxygen atoms in total. The molecule has 0 saturated heterocycles. The van der Waals surface area contributed by atoms with Crippen molar-refractivity contribution in [3.05, 3.63) is 40.1 Å². The first kappa shape index (κ1) is 11.8. The molecule has 15 heavy (non-hydrogen) atoms. The minimum atomic E-state index is -0.199. The molecule has 80 valence electrons. The molecule has 1 aliphatic rings. The van der Waals surface area contributed by atoms with Gasteiger partial charge in [0, 0.05) is 14.1 Å². The van der Waals surface area contributed by atoms with Gasteiger partial charge < -0.3 is 0 Å². The third kappa shape index (κ3) is 2.37. The lowest BCUT2D eigenvalue weighted by Crippen LogP contribution is -1.97. The first-order chi connectivity index (χ1) is 7.09. The van der Waals surface area contributed by atoms with E-state index < -0.39 is 0 Å². The Hall–Kier alpha value is 0.330. The standard InChI is InChI=1S/C11H8Br3F/c12-8-5-9(13)11(14)10(8)6-1-3-7(15)4-2-6/h1-4,8-9H,5H2/t8-,9-/m0/s1. The molecule has 1 aliphatic carbocycles. The van der Waals surface area contributed by atoms with Crippen LogP contribution >= 0.6 is 47.8 Å². The highest BCUT2D eigenvalue weighted by Crippen LogP contribution is 2.44. The zero-order valence-electron chi connectivity index (χ0n) is 7.68. The maximum Gasteiger partial charge on any atom is 0.123 e. The molecule has 0 saturated carbocycles. The highest BCUT2D eigenvalue weighted by Gasteiger charge is 2.29. The van der Waals surface area contributed by atoms with E-state index in [1.54, 1.807) is 0 Å². The largest absolute Gasteiger partial charge is 0.207 e. The maximum absolute atomic E-state index is 12.8. The average molecular weight is 399 g/mol. The molecule has 4 heteroatoms. The zero-order chi connectivity index (χ0) is 11.0. The van der Waals surface area contributed by atoms with E-state index in [1.807, 2.05) is 12.1 Å². The van der Waals surface area contributed by atoms with Gasteiger partial charge in [-0.15, -0.1) is 0 Å². The van der Waals surface area contributed by atoms with Crippen molar-refractivity contribution in [3.8, 4) is 0 Å². The Morgan fingerprint density at radius 2 is 1.67 bits per heavy atom. The zero-order valence-corrected chi connectivity index (χ0v) is 12.4. The van der Waals surface area contributed by atoms with Gasteiger partial charge in [-0.1, -0.05) is 59.9 Å². The molecule has 1 aromatic carbocycles. The van der Waals surface area contributed by atoms with E-state index in [4.69, 9.17) is 0 Å². The van der Waals surface area contributed by atoms with Gasteiger partial charge in [0.05, 0.1) is 0 Å². The highest BCUT2D eigenvalue weighted by atomic mass is 79.9. The normalized spacial score (nSPS) is 26.1. The number of hydrogen-bond acceptors (Lipinski definition) is 0. The van der Waals surface area contributed by atoms with Gasteiger partial charge in [-0.05, 0) is 29.7 Å². The van der Waals surface area contributed by atoms with Gasteiger partial charge in [0.25, 0.3) is 0 Å². The lowest BCUT2D eigenvalue weighted by Gasteiger charge is -2.07. The fraction of sp³-hybridized carbons (Fsp3) is 0.273. The van der Waals surface area contributed by atoms with Crippen molar-refractivity contribution in [1.82, 2.24) is 0 Å². The lowest BCUT2D eigenvalue weighted by molar-refractivity contribution is 0.627. The Labute approximate surface area is 113 Å². The molecule has 0 radical (unpaired) electrons. The van der Waals surface area contributed by atoms with Gasteiger partial charge >= 0.3 is 0 Å². The highest BCUT2D eigenvalue weighted by molar-refractivity contribution is 9.14. The molecule has 0 fully saturated rings. The van der Waals surface area contributed by atoms with Crippen LogP contribution in [0.4, 0.5) is 4.39 Å². The van der Waals surface area contributed by atoms with Crippen molar-refractivity contribution in [2.24, 2.45) is 0 Å². The molecule has 0 aliphatic heterocycles. The smallest absolute Gasteiger partial charge is 0.123 e. The molecule has 0 heterocycles.